The van der Waals surface area contributed by atoms with Crippen LogP contribution in [0, 0.1) is 6.92 Å². The highest BCUT2D eigenvalue weighted by Gasteiger charge is 2.18. The molecule has 2 heteroatoms. The van der Waals surface area contributed by atoms with Crippen LogP contribution in [0.1, 0.15) is 23.6 Å². The van der Waals surface area contributed by atoms with Crippen LogP contribution in [0.2, 0.25) is 0 Å². The highest BCUT2D eigenvalue weighted by atomic mass is 79.9. The Morgan fingerprint density at radius 3 is 2.75 bits per heavy atom. The highest BCUT2D eigenvalue weighted by molar-refractivity contribution is 9.10. The predicted octanol–water partition coefficient (Wildman–Crippen LogP) is 2.79. The summed E-state index contributed by atoms with van der Waals surface area (Å²) in [5, 5.41) is 3.39. The van der Waals surface area contributed by atoms with Gasteiger partial charge in [-0.1, -0.05) is 28.1 Å². The van der Waals surface area contributed by atoms with Crippen LogP contribution in [0.25, 0.3) is 0 Å². The quantitative estimate of drug-likeness (QED) is 0.776. The fourth-order valence-corrected chi connectivity index (χ4v) is 1.80. The topological polar surface area (TPSA) is 12.0 Å². The fourth-order valence-electron chi connectivity index (χ4n) is 1.40. The molecule has 12 heavy (non-hydrogen) atoms. The number of hydrogen-bond donors (Lipinski definition) is 1. The van der Waals surface area contributed by atoms with Crippen LogP contribution in [0.5, 0.6) is 0 Å². The van der Waals surface area contributed by atoms with Gasteiger partial charge < -0.3 is 5.32 Å². The van der Waals surface area contributed by atoms with E-state index in [0.29, 0.717) is 6.04 Å². The second-order valence-corrected chi connectivity index (χ2v) is 4.16. The molecule has 0 bridgehead atoms. The summed E-state index contributed by atoms with van der Waals surface area (Å²) in [6, 6.07) is 7.18. The van der Waals surface area contributed by atoms with Gasteiger partial charge in [-0.05, 0) is 37.1 Å². The number of nitrogens with one attached hydrogen (secondary N) is 1. The van der Waals surface area contributed by atoms with E-state index in [4.69, 9.17) is 0 Å². The van der Waals surface area contributed by atoms with Gasteiger partial charge in [-0.2, -0.15) is 0 Å². The van der Waals surface area contributed by atoms with E-state index < -0.39 is 0 Å². The Morgan fingerprint density at radius 1 is 1.50 bits per heavy atom. The Kier molecular flexibility index (Phi) is 2.20. The zero-order valence-corrected chi connectivity index (χ0v) is 8.69. The Morgan fingerprint density at radius 2 is 2.25 bits per heavy atom. The molecule has 0 amide bonds. The Hall–Kier alpha value is -0.340. The number of benzene rings is 1. The first-order valence-corrected chi connectivity index (χ1v) is 5.06. The van der Waals surface area contributed by atoms with Gasteiger partial charge in [-0.25, -0.2) is 0 Å². The van der Waals surface area contributed by atoms with E-state index >= 15 is 0 Å². The SMILES string of the molecule is Cc1ccc(C2CCN2)cc1Br. The van der Waals surface area contributed by atoms with Crippen molar-refractivity contribution in [1.82, 2.24) is 5.32 Å². The molecule has 1 aliphatic heterocycles. The molecule has 1 saturated heterocycles. The van der Waals surface area contributed by atoms with Crippen molar-refractivity contribution in [2.45, 2.75) is 19.4 Å². The standard InChI is InChI=1S/C10H12BrN/c1-7-2-3-8(6-9(7)11)10-4-5-12-10/h2-3,6,10,12H,4-5H2,1H3. The lowest BCUT2D eigenvalue weighted by atomic mass is 9.97. The number of aryl methyl sites for hydroxylation is 1. The molecular weight excluding hydrogens is 214 g/mol. The van der Waals surface area contributed by atoms with Crippen molar-refractivity contribution in [2.24, 2.45) is 0 Å². The number of halogens is 1. The normalized spacial score (nSPS) is 22.0. The maximum Gasteiger partial charge on any atom is 0.0332 e. The second kappa shape index (κ2) is 3.19. The van der Waals surface area contributed by atoms with Gasteiger partial charge in [0.25, 0.3) is 0 Å². The zero-order chi connectivity index (χ0) is 8.55. The maximum absolute atomic E-state index is 3.54. The van der Waals surface area contributed by atoms with Gasteiger partial charge in [0, 0.05) is 10.5 Å². The summed E-state index contributed by atoms with van der Waals surface area (Å²) in [6.07, 6.45) is 1.27. The first-order chi connectivity index (χ1) is 5.77. The summed E-state index contributed by atoms with van der Waals surface area (Å²) < 4.78 is 1.22. The molecule has 0 radical (unpaired) electrons. The summed E-state index contributed by atoms with van der Waals surface area (Å²) in [6.45, 7) is 3.28. The van der Waals surface area contributed by atoms with Gasteiger partial charge in [0.2, 0.25) is 0 Å². The lowest BCUT2D eigenvalue weighted by molar-refractivity contribution is 0.383. The molecule has 1 N–H and O–H groups in total. The molecule has 1 atom stereocenters. The van der Waals surface area contributed by atoms with Crippen molar-refractivity contribution >= 4 is 15.9 Å². The van der Waals surface area contributed by atoms with Crippen LogP contribution >= 0.6 is 15.9 Å². The third kappa shape index (κ3) is 1.41. The molecule has 1 nitrogen and oxygen atoms in total. The molecule has 1 aromatic carbocycles. The molecule has 0 saturated carbocycles. The molecule has 0 spiro atoms. The van der Waals surface area contributed by atoms with Crippen molar-refractivity contribution < 1.29 is 0 Å². The molecule has 0 aliphatic carbocycles. The summed E-state index contributed by atoms with van der Waals surface area (Å²) in [4.78, 5) is 0. The maximum atomic E-state index is 3.54. The minimum absolute atomic E-state index is 0.599. The van der Waals surface area contributed by atoms with Gasteiger partial charge >= 0.3 is 0 Å². The van der Waals surface area contributed by atoms with Crippen LogP contribution in [-0.4, -0.2) is 6.54 Å². The molecule has 1 unspecified atom stereocenters. The summed E-state index contributed by atoms with van der Waals surface area (Å²) in [5.41, 5.74) is 2.71. The monoisotopic (exact) mass is 225 g/mol. The van der Waals surface area contributed by atoms with E-state index in [1.807, 2.05) is 0 Å². The van der Waals surface area contributed by atoms with Gasteiger partial charge in [0.05, 0.1) is 0 Å². The van der Waals surface area contributed by atoms with Crippen molar-refractivity contribution in [3.8, 4) is 0 Å². The lowest BCUT2D eigenvalue weighted by Gasteiger charge is -2.28. The van der Waals surface area contributed by atoms with E-state index in [1.165, 1.54) is 22.0 Å². The van der Waals surface area contributed by atoms with Crippen molar-refractivity contribution in [3.63, 3.8) is 0 Å². The van der Waals surface area contributed by atoms with Crippen LogP contribution in [0.15, 0.2) is 22.7 Å². The van der Waals surface area contributed by atoms with E-state index in [0.717, 1.165) is 6.54 Å². The highest BCUT2D eigenvalue weighted by Crippen LogP contribution is 2.26. The van der Waals surface area contributed by atoms with E-state index in [-0.39, 0.29) is 0 Å². The van der Waals surface area contributed by atoms with E-state index in [9.17, 15) is 0 Å². The second-order valence-electron chi connectivity index (χ2n) is 3.30. The van der Waals surface area contributed by atoms with Gasteiger partial charge in [0.1, 0.15) is 0 Å². The third-order valence-corrected chi connectivity index (χ3v) is 3.28. The molecule has 1 fully saturated rings. The number of hydrogen-bond acceptors (Lipinski definition) is 1. The largest absolute Gasteiger partial charge is 0.310 e. The molecule has 1 aliphatic rings. The van der Waals surface area contributed by atoms with Crippen molar-refractivity contribution in [2.75, 3.05) is 6.54 Å². The zero-order valence-electron chi connectivity index (χ0n) is 7.10. The smallest absolute Gasteiger partial charge is 0.0332 e. The Balaban J connectivity index is 2.27. The van der Waals surface area contributed by atoms with Crippen molar-refractivity contribution in [1.29, 1.82) is 0 Å². The molecular formula is C10H12BrN. The first kappa shape index (κ1) is 8.27. The summed E-state index contributed by atoms with van der Waals surface area (Å²) >= 11 is 3.54. The molecule has 1 heterocycles. The molecule has 2 rings (SSSR count). The van der Waals surface area contributed by atoms with Crippen LogP contribution in [0.4, 0.5) is 0 Å². The average Bonchev–Trinajstić information content (AvgIpc) is 1.93. The van der Waals surface area contributed by atoms with Gasteiger partial charge in [-0.15, -0.1) is 0 Å². The number of rotatable bonds is 1. The van der Waals surface area contributed by atoms with Gasteiger partial charge in [-0.3, -0.25) is 0 Å². The summed E-state index contributed by atoms with van der Waals surface area (Å²) in [5.74, 6) is 0. The van der Waals surface area contributed by atoms with E-state index in [1.54, 1.807) is 0 Å². The molecule has 64 valence electrons. The predicted molar refractivity (Wildman–Crippen MR) is 54.2 cm³/mol. The Labute approximate surface area is 81.3 Å². The minimum atomic E-state index is 0.599. The van der Waals surface area contributed by atoms with Crippen molar-refractivity contribution in [3.05, 3.63) is 33.8 Å². The van der Waals surface area contributed by atoms with Crippen LogP contribution in [0.3, 0.4) is 0 Å². The molecule has 1 aromatic rings. The first-order valence-electron chi connectivity index (χ1n) is 4.27. The van der Waals surface area contributed by atoms with E-state index in [2.05, 4.69) is 46.4 Å². The third-order valence-electron chi connectivity index (χ3n) is 2.42. The average molecular weight is 226 g/mol. The van der Waals surface area contributed by atoms with Crippen LogP contribution < -0.4 is 5.32 Å². The minimum Gasteiger partial charge on any atom is -0.310 e. The molecule has 0 aromatic heterocycles. The fraction of sp³-hybridized carbons (Fsp3) is 0.400. The van der Waals surface area contributed by atoms with Gasteiger partial charge in [0.15, 0.2) is 0 Å². The summed E-state index contributed by atoms with van der Waals surface area (Å²) in [7, 11) is 0. The lowest BCUT2D eigenvalue weighted by Crippen LogP contribution is -2.34. The van der Waals surface area contributed by atoms with Crippen LogP contribution in [-0.2, 0) is 0 Å². The Bertz CT molecular complexity index is 292.